The van der Waals surface area contributed by atoms with E-state index in [0.29, 0.717) is 17.7 Å². The monoisotopic (exact) mass is 277 g/mol. The molecule has 5 heteroatoms. The molecule has 1 atom stereocenters. The predicted octanol–water partition coefficient (Wildman–Crippen LogP) is 2.22. The van der Waals surface area contributed by atoms with Gasteiger partial charge in [-0.2, -0.15) is 0 Å². The number of carboxylic acids is 1. The van der Waals surface area contributed by atoms with E-state index in [2.05, 4.69) is 0 Å². The number of aliphatic carboxylic acids is 1. The third-order valence-electron chi connectivity index (χ3n) is 3.19. The number of rotatable bonds is 7. The van der Waals surface area contributed by atoms with E-state index in [1.165, 1.54) is 4.90 Å². The van der Waals surface area contributed by atoms with Crippen LogP contribution in [0.1, 0.15) is 38.3 Å². The molecule has 1 saturated carbocycles. The maximum atomic E-state index is 11.5. The second kappa shape index (κ2) is 5.94. The number of carboxylic acid groups (broad SMARTS) is 1. The van der Waals surface area contributed by atoms with Crippen molar-refractivity contribution in [2.45, 2.75) is 44.9 Å². The molecule has 1 aromatic carbocycles. The van der Waals surface area contributed by atoms with Crippen LogP contribution < -0.4 is 4.74 Å². The summed E-state index contributed by atoms with van der Waals surface area (Å²) in [7, 11) is 0. The molecule has 0 heterocycles. The number of hydrogen-bond acceptors (Lipinski definition) is 3. The Morgan fingerprint density at radius 1 is 1.35 bits per heavy atom. The van der Waals surface area contributed by atoms with Crippen molar-refractivity contribution in [1.82, 2.24) is 4.90 Å². The Morgan fingerprint density at radius 3 is 2.35 bits per heavy atom. The van der Waals surface area contributed by atoms with Gasteiger partial charge in [0.1, 0.15) is 5.75 Å². The summed E-state index contributed by atoms with van der Waals surface area (Å²) in [5.74, 6) is -0.321. The summed E-state index contributed by atoms with van der Waals surface area (Å²) < 4.78 is 5.53. The van der Waals surface area contributed by atoms with Gasteiger partial charge in [-0.05, 0) is 44.4 Å². The van der Waals surface area contributed by atoms with Crippen LogP contribution in [0.15, 0.2) is 24.3 Å². The zero-order chi connectivity index (χ0) is 14.7. The lowest BCUT2D eigenvalue weighted by atomic mass is 10.1. The van der Waals surface area contributed by atoms with Gasteiger partial charge in [0.05, 0.1) is 6.10 Å². The fourth-order valence-electron chi connectivity index (χ4n) is 2.17. The normalized spacial score (nSPS) is 15.8. The van der Waals surface area contributed by atoms with E-state index in [-0.39, 0.29) is 12.1 Å². The molecule has 5 nitrogen and oxygen atoms in total. The van der Waals surface area contributed by atoms with E-state index in [1.54, 1.807) is 24.3 Å². The number of amides is 1. The van der Waals surface area contributed by atoms with Gasteiger partial charge in [0, 0.05) is 6.04 Å². The van der Waals surface area contributed by atoms with E-state index in [9.17, 15) is 14.7 Å². The van der Waals surface area contributed by atoms with Crippen LogP contribution in [0.2, 0.25) is 0 Å². The van der Waals surface area contributed by atoms with Gasteiger partial charge < -0.3 is 14.7 Å². The zero-order valence-electron chi connectivity index (χ0n) is 11.7. The second-order valence-electron chi connectivity index (χ2n) is 5.26. The molecular formula is C15H19NO4. The third kappa shape index (κ3) is 3.29. The van der Waals surface area contributed by atoms with Crippen LogP contribution in [0.3, 0.4) is 0 Å². The van der Waals surface area contributed by atoms with E-state index in [4.69, 9.17) is 4.74 Å². The highest BCUT2D eigenvalue weighted by Crippen LogP contribution is 2.33. The summed E-state index contributed by atoms with van der Waals surface area (Å²) in [5, 5.41) is 9.39. The van der Waals surface area contributed by atoms with Gasteiger partial charge in [-0.15, -0.1) is 0 Å². The topological polar surface area (TPSA) is 66.8 Å². The molecule has 1 fully saturated rings. The van der Waals surface area contributed by atoms with Crippen molar-refractivity contribution in [3.05, 3.63) is 29.8 Å². The Labute approximate surface area is 118 Å². The molecular weight excluding hydrogens is 258 g/mol. The molecule has 20 heavy (non-hydrogen) atoms. The number of hydrogen-bond donors (Lipinski definition) is 1. The minimum absolute atomic E-state index is 0.0557. The minimum Gasteiger partial charge on any atom is -0.491 e. The molecule has 0 aliphatic heterocycles. The van der Waals surface area contributed by atoms with Gasteiger partial charge in [-0.25, -0.2) is 4.79 Å². The van der Waals surface area contributed by atoms with E-state index >= 15 is 0 Å². The SMILES string of the molecule is CC(C)Oc1ccc(C(C(=O)O)N(C=O)C2CC2)cc1. The predicted molar refractivity (Wildman–Crippen MR) is 73.5 cm³/mol. The van der Waals surface area contributed by atoms with Crippen LogP contribution >= 0.6 is 0 Å². The lowest BCUT2D eigenvalue weighted by Gasteiger charge is -2.25. The average Bonchev–Trinajstić information content (AvgIpc) is 3.20. The number of benzene rings is 1. The maximum Gasteiger partial charge on any atom is 0.331 e. The van der Waals surface area contributed by atoms with Gasteiger partial charge in [0.15, 0.2) is 6.04 Å². The standard InChI is InChI=1S/C15H19NO4/c1-10(2)20-13-7-3-11(4-8-13)14(15(18)19)16(9-17)12-5-6-12/h3-4,7-10,12,14H,5-6H2,1-2H3,(H,18,19). The Bertz CT molecular complexity index is 479. The summed E-state index contributed by atoms with van der Waals surface area (Å²) in [6, 6.07) is 6.01. The first-order chi connectivity index (χ1) is 9.52. The summed E-state index contributed by atoms with van der Waals surface area (Å²) in [6.45, 7) is 3.85. The van der Waals surface area contributed by atoms with Crippen molar-refractivity contribution in [2.75, 3.05) is 0 Å². The highest BCUT2D eigenvalue weighted by molar-refractivity contribution is 5.78. The van der Waals surface area contributed by atoms with E-state index in [0.717, 1.165) is 12.8 Å². The molecule has 1 aromatic rings. The summed E-state index contributed by atoms with van der Waals surface area (Å²) in [4.78, 5) is 24.0. The fourth-order valence-corrected chi connectivity index (χ4v) is 2.17. The summed E-state index contributed by atoms with van der Waals surface area (Å²) in [5.41, 5.74) is 0.590. The van der Waals surface area contributed by atoms with Crippen molar-refractivity contribution < 1.29 is 19.4 Å². The van der Waals surface area contributed by atoms with Gasteiger partial charge in [0.25, 0.3) is 0 Å². The quantitative estimate of drug-likeness (QED) is 0.776. The molecule has 1 N–H and O–H groups in total. The summed E-state index contributed by atoms with van der Waals surface area (Å²) in [6.07, 6.45) is 2.44. The highest BCUT2D eigenvalue weighted by Gasteiger charge is 2.37. The van der Waals surface area contributed by atoms with Crippen LogP contribution in [0.25, 0.3) is 0 Å². The molecule has 1 amide bonds. The van der Waals surface area contributed by atoms with Crippen LogP contribution in [-0.2, 0) is 9.59 Å². The lowest BCUT2D eigenvalue weighted by Crippen LogP contribution is -2.34. The first kappa shape index (κ1) is 14.4. The Kier molecular flexibility index (Phi) is 4.27. The van der Waals surface area contributed by atoms with Crippen LogP contribution in [0.5, 0.6) is 5.75 Å². The third-order valence-corrected chi connectivity index (χ3v) is 3.19. The molecule has 0 bridgehead atoms. The molecule has 108 valence electrons. The average molecular weight is 277 g/mol. The smallest absolute Gasteiger partial charge is 0.331 e. The molecule has 0 radical (unpaired) electrons. The highest BCUT2D eigenvalue weighted by atomic mass is 16.5. The first-order valence-corrected chi connectivity index (χ1v) is 6.75. The largest absolute Gasteiger partial charge is 0.491 e. The summed E-state index contributed by atoms with van der Waals surface area (Å²) >= 11 is 0. The molecule has 1 unspecified atom stereocenters. The molecule has 0 aromatic heterocycles. The van der Waals surface area contributed by atoms with Crippen LogP contribution in [-0.4, -0.2) is 34.5 Å². The minimum atomic E-state index is -1.01. The zero-order valence-corrected chi connectivity index (χ0v) is 11.7. The molecule has 2 rings (SSSR count). The van der Waals surface area contributed by atoms with E-state index in [1.807, 2.05) is 13.8 Å². The molecule has 0 saturated heterocycles. The fraction of sp³-hybridized carbons (Fsp3) is 0.467. The van der Waals surface area contributed by atoms with Gasteiger partial charge in [0.2, 0.25) is 6.41 Å². The number of nitrogens with zero attached hydrogens (tertiary/aromatic N) is 1. The number of carbonyl (C=O) groups is 2. The van der Waals surface area contributed by atoms with Crippen molar-refractivity contribution in [2.24, 2.45) is 0 Å². The van der Waals surface area contributed by atoms with Gasteiger partial charge >= 0.3 is 5.97 Å². The maximum absolute atomic E-state index is 11.5. The Morgan fingerprint density at radius 2 is 1.95 bits per heavy atom. The van der Waals surface area contributed by atoms with Crippen molar-refractivity contribution in [1.29, 1.82) is 0 Å². The Balaban J connectivity index is 2.20. The first-order valence-electron chi connectivity index (χ1n) is 6.75. The molecule has 0 spiro atoms. The number of carbonyl (C=O) groups excluding carboxylic acids is 1. The Hall–Kier alpha value is -2.04. The van der Waals surface area contributed by atoms with Crippen molar-refractivity contribution in [3.8, 4) is 5.75 Å². The van der Waals surface area contributed by atoms with Crippen molar-refractivity contribution in [3.63, 3.8) is 0 Å². The van der Waals surface area contributed by atoms with Gasteiger partial charge in [-0.3, -0.25) is 4.79 Å². The molecule has 1 aliphatic carbocycles. The van der Waals surface area contributed by atoms with Crippen LogP contribution in [0, 0.1) is 0 Å². The van der Waals surface area contributed by atoms with Crippen LogP contribution in [0.4, 0.5) is 0 Å². The number of ether oxygens (including phenoxy) is 1. The second-order valence-corrected chi connectivity index (χ2v) is 5.26. The molecule has 1 aliphatic rings. The van der Waals surface area contributed by atoms with Gasteiger partial charge in [-0.1, -0.05) is 12.1 Å². The lowest BCUT2D eigenvalue weighted by molar-refractivity contribution is -0.147. The van der Waals surface area contributed by atoms with Crippen molar-refractivity contribution >= 4 is 12.4 Å². The van der Waals surface area contributed by atoms with E-state index < -0.39 is 12.0 Å².